The zero-order valence-corrected chi connectivity index (χ0v) is 22.6. The first-order valence-corrected chi connectivity index (χ1v) is 13.7. The molecule has 0 bridgehead atoms. The predicted molar refractivity (Wildman–Crippen MR) is 149 cm³/mol. The summed E-state index contributed by atoms with van der Waals surface area (Å²) < 4.78 is 16.3. The summed E-state index contributed by atoms with van der Waals surface area (Å²) in [5.41, 5.74) is 2.17. The number of piperidine rings is 2. The Kier molecular flexibility index (Phi) is 10.4. The van der Waals surface area contributed by atoms with Crippen LogP contribution in [0.4, 0.5) is 22.7 Å². The van der Waals surface area contributed by atoms with E-state index >= 15 is 0 Å². The lowest BCUT2D eigenvalue weighted by molar-refractivity contribution is -0.385. The van der Waals surface area contributed by atoms with Gasteiger partial charge in [0.15, 0.2) is 5.79 Å². The molecule has 0 saturated carbocycles. The number of nitro groups is 2. The van der Waals surface area contributed by atoms with Gasteiger partial charge in [0.05, 0.1) is 23.1 Å². The summed E-state index contributed by atoms with van der Waals surface area (Å²) in [6.45, 7) is 6.46. The molecule has 0 amide bonds. The first-order chi connectivity index (χ1) is 19.3. The lowest BCUT2D eigenvalue weighted by Gasteiger charge is -2.38. The van der Waals surface area contributed by atoms with E-state index in [4.69, 9.17) is 14.2 Å². The van der Waals surface area contributed by atoms with Crippen LogP contribution in [0.2, 0.25) is 0 Å². The Bertz CT molecular complexity index is 1100. The average Bonchev–Trinajstić information content (AvgIpc) is 3.71. The SMILES string of the molecule is C1CCOC1.O=C1CCN(c2ccc([N+](=O)[O-])cc2)CC1.O=[N+]([O-])c1ccc(N2CCC3(CC2)OCCO3)cc1. The Morgan fingerprint density at radius 2 is 1.07 bits per heavy atom. The van der Waals surface area contributed by atoms with Gasteiger partial charge in [-0.3, -0.25) is 25.0 Å². The number of nitrogens with zero attached hydrogens (tertiary/aromatic N) is 4. The van der Waals surface area contributed by atoms with Crippen LogP contribution in [0.3, 0.4) is 0 Å². The second-order valence-corrected chi connectivity index (χ2v) is 9.99. The van der Waals surface area contributed by atoms with E-state index in [1.807, 2.05) is 0 Å². The summed E-state index contributed by atoms with van der Waals surface area (Å²) in [4.78, 5) is 35.7. The van der Waals surface area contributed by atoms with Crippen molar-refractivity contribution in [1.82, 2.24) is 0 Å². The fraction of sp³-hybridized carbons (Fsp3) is 0.536. The van der Waals surface area contributed by atoms with Gasteiger partial charge in [-0.1, -0.05) is 0 Å². The van der Waals surface area contributed by atoms with Crippen molar-refractivity contribution in [2.75, 3.05) is 62.4 Å². The first-order valence-electron chi connectivity index (χ1n) is 13.7. The number of non-ortho nitro benzene ring substituents is 2. The van der Waals surface area contributed by atoms with Gasteiger partial charge in [0.25, 0.3) is 11.4 Å². The minimum atomic E-state index is -0.413. The molecule has 12 nitrogen and oxygen atoms in total. The van der Waals surface area contributed by atoms with Crippen molar-refractivity contribution >= 4 is 28.5 Å². The van der Waals surface area contributed by atoms with Crippen molar-refractivity contribution in [2.45, 2.75) is 44.3 Å². The monoisotopic (exact) mass is 556 g/mol. The molecule has 2 aromatic carbocycles. The lowest BCUT2D eigenvalue weighted by Crippen LogP contribution is -2.45. The van der Waals surface area contributed by atoms with Crippen LogP contribution in [0.15, 0.2) is 48.5 Å². The van der Waals surface area contributed by atoms with Crippen molar-refractivity contribution in [2.24, 2.45) is 0 Å². The zero-order chi connectivity index (χ0) is 28.4. The maximum absolute atomic E-state index is 11.1. The van der Waals surface area contributed by atoms with Crippen LogP contribution in [0.5, 0.6) is 0 Å². The maximum atomic E-state index is 11.1. The van der Waals surface area contributed by atoms with Crippen molar-refractivity contribution in [3.63, 3.8) is 0 Å². The van der Waals surface area contributed by atoms with Crippen molar-refractivity contribution < 1.29 is 28.9 Å². The van der Waals surface area contributed by atoms with E-state index in [0.717, 1.165) is 50.5 Å². The molecule has 0 radical (unpaired) electrons. The molecule has 12 heteroatoms. The van der Waals surface area contributed by atoms with Crippen molar-refractivity contribution in [1.29, 1.82) is 0 Å². The number of hydrogen-bond acceptors (Lipinski definition) is 10. The van der Waals surface area contributed by atoms with Gasteiger partial charge in [-0.05, 0) is 37.1 Å². The van der Waals surface area contributed by atoms with Gasteiger partial charge < -0.3 is 24.0 Å². The number of nitro benzene ring substituents is 2. The number of anilines is 2. The number of benzene rings is 2. The number of carbonyl (C=O) groups excluding carboxylic acids is 1. The third-order valence-corrected chi connectivity index (χ3v) is 7.34. The molecule has 4 saturated heterocycles. The highest BCUT2D eigenvalue weighted by molar-refractivity contribution is 5.81. The van der Waals surface area contributed by atoms with E-state index in [1.165, 1.54) is 25.0 Å². The Morgan fingerprint density at radius 3 is 1.45 bits per heavy atom. The van der Waals surface area contributed by atoms with Gasteiger partial charge in [-0.2, -0.15) is 0 Å². The molecular weight excluding hydrogens is 520 g/mol. The average molecular weight is 557 g/mol. The van der Waals surface area contributed by atoms with Crippen molar-refractivity contribution in [3.05, 3.63) is 68.8 Å². The Hall–Kier alpha value is -3.61. The molecule has 4 heterocycles. The molecule has 0 N–H and O–H groups in total. The van der Waals surface area contributed by atoms with Gasteiger partial charge in [0, 0.05) is 101 Å². The molecule has 2 aromatic rings. The smallest absolute Gasteiger partial charge is 0.269 e. The normalized spacial score (nSPS) is 19.9. The topological polar surface area (TPSA) is 138 Å². The highest BCUT2D eigenvalue weighted by atomic mass is 16.7. The first kappa shape index (κ1) is 29.4. The molecule has 4 aliphatic rings. The predicted octanol–water partition coefficient (Wildman–Crippen LogP) is 4.50. The van der Waals surface area contributed by atoms with E-state index in [-0.39, 0.29) is 27.9 Å². The van der Waals surface area contributed by atoms with Crippen LogP contribution in [0.25, 0.3) is 0 Å². The van der Waals surface area contributed by atoms with Gasteiger partial charge in [-0.15, -0.1) is 0 Å². The molecule has 4 fully saturated rings. The largest absolute Gasteiger partial charge is 0.381 e. The minimum absolute atomic E-state index is 0.0943. The third-order valence-electron chi connectivity index (χ3n) is 7.34. The second-order valence-electron chi connectivity index (χ2n) is 9.99. The quantitative estimate of drug-likeness (QED) is 0.391. The highest BCUT2D eigenvalue weighted by Crippen LogP contribution is 2.33. The van der Waals surface area contributed by atoms with Crippen LogP contribution in [0.1, 0.15) is 38.5 Å². The van der Waals surface area contributed by atoms with Crippen LogP contribution in [0, 0.1) is 20.2 Å². The molecule has 0 aromatic heterocycles. The molecule has 216 valence electrons. The van der Waals surface area contributed by atoms with Gasteiger partial charge in [-0.25, -0.2) is 0 Å². The molecule has 1 spiro atoms. The summed E-state index contributed by atoms with van der Waals surface area (Å²) in [6.07, 6.45) is 5.36. The van der Waals surface area contributed by atoms with Crippen LogP contribution in [-0.4, -0.2) is 74.0 Å². The maximum Gasteiger partial charge on any atom is 0.269 e. The lowest BCUT2D eigenvalue weighted by atomic mass is 10.0. The number of hydrogen-bond donors (Lipinski definition) is 0. The molecule has 0 atom stereocenters. The summed E-state index contributed by atoms with van der Waals surface area (Å²) in [7, 11) is 0. The van der Waals surface area contributed by atoms with Gasteiger partial charge in [0.1, 0.15) is 5.78 Å². The molecule has 40 heavy (non-hydrogen) atoms. The summed E-state index contributed by atoms with van der Waals surface area (Å²) in [6, 6.07) is 13.1. The fourth-order valence-corrected chi connectivity index (χ4v) is 4.99. The van der Waals surface area contributed by atoms with Crippen LogP contribution < -0.4 is 9.80 Å². The van der Waals surface area contributed by atoms with Gasteiger partial charge in [0.2, 0.25) is 0 Å². The second kappa shape index (κ2) is 14.1. The Balaban J connectivity index is 0.000000159. The molecule has 0 aliphatic carbocycles. The number of rotatable bonds is 4. The van der Waals surface area contributed by atoms with E-state index in [9.17, 15) is 25.0 Å². The van der Waals surface area contributed by atoms with E-state index in [2.05, 4.69) is 9.80 Å². The highest BCUT2D eigenvalue weighted by Gasteiger charge is 2.39. The number of ether oxygens (including phenoxy) is 3. The Labute approximate surface area is 233 Å². The van der Waals surface area contributed by atoms with Crippen LogP contribution >= 0.6 is 0 Å². The van der Waals surface area contributed by atoms with Gasteiger partial charge >= 0.3 is 0 Å². The molecule has 4 aliphatic heterocycles. The minimum Gasteiger partial charge on any atom is -0.381 e. The van der Waals surface area contributed by atoms with E-state index in [1.54, 1.807) is 36.4 Å². The number of carbonyl (C=O) groups is 1. The number of Topliss-reactive ketones (excluding diaryl/α,β-unsaturated/α-hetero) is 1. The molecule has 0 unspecified atom stereocenters. The summed E-state index contributed by atoms with van der Waals surface area (Å²) in [5, 5.41) is 21.1. The standard InChI is InChI=1S/C13H16N2O4.C11H12N2O3.C4H8O/c16-15(17)12-3-1-11(2-4-12)14-7-5-13(6-8-14)18-9-10-19-13;14-11-5-7-12(8-6-11)9-1-3-10(4-2-9)13(15)16;1-2-4-5-3-1/h1-4H,5-10H2;1-4H,5-8H2;1-4H2. The van der Waals surface area contributed by atoms with Crippen LogP contribution in [-0.2, 0) is 19.0 Å². The zero-order valence-electron chi connectivity index (χ0n) is 22.6. The van der Waals surface area contributed by atoms with E-state index in [0.29, 0.717) is 39.1 Å². The molecular formula is C28H36N4O8. The fourth-order valence-electron chi connectivity index (χ4n) is 4.99. The van der Waals surface area contributed by atoms with E-state index < -0.39 is 4.92 Å². The third kappa shape index (κ3) is 8.20. The summed E-state index contributed by atoms with van der Waals surface area (Å²) in [5.74, 6) is -0.0877. The number of ketones is 1. The van der Waals surface area contributed by atoms with Crippen molar-refractivity contribution in [3.8, 4) is 0 Å². The Morgan fingerprint density at radius 1 is 0.650 bits per heavy atom. The summed E-state index contributed by atoms with van der Waals surface area (Å²) >= 11 is 0. The molecule has 6 rings (SSSR count).